The van der Waals surface area contributed by atoms with Gasteiger partial charge in [0, 0.05) is 62.9 Å². The van der Waals surface area contributed by atoms with Gasteiger partial charge < -0.3 is 0 Å². The van der Waals surface area contributed by atoms with E-state index in [0.717, 1.165) is 34.1 Å². The number of hydrogen-bond acceptors (Lipinski definition) is 4. The number of allylic oxidation sites excluding steroid dienone is 1. The molecule has 0 spiro atoms. The number of hydrogen-bond donors (Lipinski definition) is 0. The summed E-state index contributed by atoms with van der Waals surface area (Å²) in [7, 11) is 0. The van der Waals surface area contributed by atoms with E-state index in [2.05, 4.69) is 163 Å². The molecule has 4 aromatic heterocycles. The Balaban J connectivity index is 1.18. The molecule has 0 saturated heterocycles. The molecule has 0 radical (unpaired) electrons. The van der Waals surface area contributed by atoms with Gasteiger partial charge in [0.15, 0.2) is 0 Å². The van der Waals surface area contributed by atoms with Crippen LogP contribution in [0.5, 0.6) is 0 Å². The van der Waals surface area contributed by atoms with Gasteiger partial charge in [0.1, 0.15) is 0 Å². The van der Waals surface area contributed by atoms with Crippen LogP contribution in [0.4, 0.5) is 0 Å². The molecule has 56 heavy (non-hydrogen) atoms. The third kappa shape index (κ3) is 4.16. The van der Waals surface area contributed by atoms with E-state index < -0.39 is 0 Å². The first-order chi connectivity index (χ1) is 27.7. The van der Waals surface area contributed by atoms with Crippen molar-refractivity contribution in [2.75, 3.05) is 0 Å². The van der Waals surface area contributed by atoms with Crippen LogP contribution in [0.3, 0.4) is 0 Å². The molecule has 1 aliphatic rings. The first-order valence-corrected chi connectivity index (χ1v) is 20.9. The molecule has 0 saturated carbocycles. The van der Waals surface area contributed by atoms with Gasteiger partial charge in [0.25, 0.3) is 0 Å². The zero-order chi connectivity index (χ0) is 36.6. The van der Waals surface area contributed by atoms with Gasteiger partial charge in [-0.15, -0.1) is 22.7 Å². The summed E-state index contributed by atoms with van der Waals surface area (Å²) >= 11 is 3.74. The summed E-state index contributed by atoms with van der Waals surface area (Å²) in [5, 5.41) is 13.9. The Morgan fingerprint density at radius 3 is 2.20 bits per heavy atom. The van der Waals surface area contributed by atoms with Gasteiger partial charge in [-0.3, -0.25) is 4.57 Å². The van der Waals surface area contributed by atoms with Crippen molar-refractivity contribution in [3.8, 4) is 17.2 Å². The Kier molecular flexibility index (Phi) is 6.24. The Labute approximate surface area is 329 Å². The fourth-order valence-corrected chi connectivity index (χ4v) is 12.1. The Hall–Kier alpha value is -6.40. The molecule has 0 N–H and O–H groups in total. The average molecular weight is 750 g/mol. The quantitative estimate of drug-likeness (QED) is 0.176. The molecule has 13 rings (SSSR count). The van der Waals surface area contributed by atoms with Gasteiger partial charge >= 0.3 is 0 Å². The van der Waals surface area contributed by atoms with Gasteiger partial charge in [0.2, 0.25) is 5.95 Å². The molecular weight excluding hydrogens is 719 g/mol. The maximum Gasteiger partial charge on any atom is 0.235 e. The molecule has 1 aliphatic carbocycles. The summed E-state index contributed by atoms with van der Waals surface area (Å²) in [5.41, 5.74) is 7.91. The molecule has 8 aromatic carbocycles. The van der Waals surface area contributed by atoms with Crippen molar-refractivity contribution < 1.29 is 0 Å². The lowest BCUT2D eigenvalue weighted by Gasteiger charge is -2.19. The van der Waals surface area contributed by atoms with E-state index in [1.165, 1.54) is 89.3 Å². The Bertz CT molecular complexity index is 3710. The summed E-state index contributed by atoms with van der Waals surface area (Å²) in [6.45, 7) is 2.29. The molecule has 4 heterocycles. The van der Waals surface area contributed by atoms with E-state index in [4.69, 9.17) is 9.97 Å². The normalized spacial score (nSPS) is 14.6. The SMILES string of the molecule is C[C@H]1C=Cc2c(ccc3c(-c4ccc5c(c4)sc4ccc6ccccc6c45)nc(-n4c5ccccc5c5c6ccccc6c6c7ccccc7sc6c54)nc23)C1. The van der Waals surface area contributed by atoms with E-state index in [-0.39, 0.29) is 0 Å². The highest BCUT2D eigenvalue weighted by molar-refractivity contribution is 7.27. The van der Waals surface area contributed by atoms with E-state index >= 15 is 0 Å². The molecular formula is C51H31N3S2. The van der Waals surface area contributed by atoms with Crippen LogP contribution in [0, 0.1) is 5.92 Å². The van der Waals surface area contributed by atoms with Gasteiger partial charge in [-0.25, -0.2) is 9.97 Å². The highest BCUT2D eigenvalue weighted by Gasteiger charge is 2.25. The Morgan fingerprint density at radius 2 is 1.30 bits per heavy atom. The molecule has 1 atom stereocenters. The van der Waals surface area contributed by atoms with E-state index in [0.29, 0.717) is 11.9 Å². The molecule has 0 unspecified atom stereocenters. The molecule has 0 amide bonds. The summed E-state index contributed by atoms with van der Waals surface area (Å²) in [6, 6.07) is 51.4. The number of thiophene rings is 2. The minimum atomic E-state index is 0.485. The molecule has 0 aliphatic heterocycles. The smallest absolute Gasteiger partial charge is 0.235 e. The molecule has 3 nitrogen and oxygen atoms in total. The van der Waals surface area contributed by atoms with Crippen molar-refractivity contribution in [3.63, 3.8) is 0 Å². The average Bonchev–Trinajstić information content (AvgIpc) is 3.93. The number of rotatable bonds is 2. The molecule has 5 heteroatoms. The maximum absolute atomic E-state index is 5.67. The summed E-state index contributed by atoms with van der Waals surface area (Å²) in [6.07, 6.45) is 5.64. The maximum atomic E-state index is 5.67. The summed E-state index contributed by atoms with van der Waals surface area (Å²) in [4.78, 5) is 11.3. The van der Waals surface area contributed by atoms with Crippen LogP contribution < -0.4 is 0 Å². The monoisotopic (exact) mass is 749 g/mol. The third-order valence-electron chi connectivity index (χ3n) is 12.1. The predicted molar refractivity (Wildman–Crippen MR) is 242 cm³/mol. The number of nitrogens with zero attached hydrogens (tertiary/aromatic N) is 3. The standard InChI is InChI=1S/C51H31N3S2/c1-28-18-22-33-30(26-28)19-24-39-47(31-20-23-38-43(27-31)55-42-25-21-29-10-2-3-11-32(29)44(38)42)52-51(53-48(33)39)54-40-16-8-6-14-36(40)45-34-12-4-5-13-35(34)46-37-15-7-9-17-41(37)56-50(46)49(45)54/h2-25,27-28H,26H2,1H3/t28-/m0/s1. The number of benzene rings is 8. The van der Waals surface area contributed by atoms with Gasteiger partial charge in [-0.05, 0) is 63.7 Å². The molecule has 0 fully saturated rings. The lowest BCUT2D eigenvalue weighted by molar-refractivity contribution is 0.718. The lowest BCUT2D eigenvalue weighted by Crippen LogP contribution is -2.08. The molecule has 0 bridgehead atoms. The summed E-state index contributed by atoms with van der Waals surface area (Å²) < 4.78 is 7.50. The second kappa shape index (κ2) is 11.3. The van der Waals surface area contributed by atoms with Crippen LogP contribution in [0.15, 0.2) is 146 Å². The van der Waals surface area contributed by atoms with Crippen LogP contribution in [0.1, 0.15) is 18.1 Å². The number of fused-ring (bicyclic) bond motifs is 18. The molecule has 12 aromatic rings. The van der Waals surface area contributed by atoms with Crippen molar-refractivity contribution in [2.45, 2.75) is 13.3 Å². The number of aromatic nitrogens is 3. The zero-order valence-electron chi connectivity index (χ0n) is 30.4. The fraction of sp³-hybridized carbons (Fsp3) is 0.0588. The first-order valence-electron chi connectivity index (χ1n) is 19.3. The van der Waals surface area contributed by atoms with Crippen LogP contribution in [0.25, 0.3) is 118 Å². The second-order valence-corrected chi connectivity index (χ2v) is 17.5. The first kappa shape index (κ1) is 30.9. The topological polar surface area (TPSA) is 30.7 Å². The minimum absolute atomic E-state index is 0.485. The van der Waals surface area contributed by atoms with Crippen molar-refractivity contribution in [3.05, 3.63) is 157 Å². The van der Waals surface area contributed by atoms with Crippen molar-refractivity contribution >= 4 is 123 Å². The third-order valence-corrected chi connectivity index (χ3v) is 14.4. The van der Waals surface area contributed by atoms with Crippen LogP contribution in [-0.2, 0) is 6.42 Å². The van der Waals surface area contributed by atoms with E-state index in [9.17, 15) is 0 Å². The minimum Gasteiger partial charge on any atom is -0.276 e. The molecule has 262 valence electrons. The highest BCUT2D eigenvalue weighted by Crippen LogP contribution is 2.48. The largest absolute Gasteiger partial charge is 0.276 e. The Morgan fingerprint density at radius 1 is 0.571 bits per heavy atom. The van der Waals surface area contributed by atoms with E-state index in [1.54, 1.807) is 0 Å². The van der Waals surface area contributed by atoms with Crippen LogP contribution in [0.2, 0.25) is 0 Å². The van der Waals surface area contributed by atoms with Gasteiger partial charge in [-0.2, -0.15) is 0 Å². The highest BCUT2D eigenvalue weighted by atomic mass is 32.1. The van der Waals surface area contributed by atoms with Crippen LogP contribution >= 0.6 is 22.7 Å². The van der Waals surface area contributed by atoms with Crippen molar-refractivity contribution in [1.29, 1.82) is 0 Å². The fourth-order valence-electron chi connectivity index (χ4n) is 9.63. The second-order valence-electron chi connectivity index (χ2n) is 15.3. The number of para-hydroxylation sites is 1. The predicted octanol–water partition coefficient (Wildman–Crippen LogP) is 14.6. The van der Waals surface area contributed by atoms with Crippen molar-refractivity contribution in [1.82, 2.24) is 14.5 Å². The van der Waals surface area contributed by atoms with Crippen molar-refractivity contribution in [2.24, 2.45) is 5.92 Å². The zero-order valence-corrected chi connectivity index (χ0v) is 32.0. The van der Waals surface area contributed by atoms with Gasteiger partial charge in [-0.1, -0.05) is 134 Å². The summed E-state index contributed by atoms with van der Waals surface area (Å²) in [5.74, 6) is 1.19. The van der Waals surface area contributed by atoms with Gasteiger partial charge in [0.05, 0.1) is 26.9 Å². The lowest BCUT2D eigenvalue weighted by atomic mass is 9.88. The van der Waals surface area contributed by atoms with Crippen LogP contribution in [-0.4, -0.2) is 14.5 Å². The van der Waals surface area contributed by atoms with E-state index in [1.807, 2.05) is 22.7 Å².